The molecule has 0 aliphatic rings. The molecular formula is C11H10N2. The first kappa shape index (κ1) is 7.88. The van der Waals surface area contributed by atoms with Crippen molar-refractivity contribution in [2.24, 2.45) is 0 Å². The highest BCUT2D eigenvalue weighted by molar-refractivity contribution is 5.78. The van der Waals surface area contributed by atoms with E-state index in [1.165, 1.54) is 11.1 Å². The van der Waals surface area contributed by atoms with Crippen LogP contribution in [0, 0.1) is 26.3 Å². The van der Waals surface area contributed by atoms with Crippen molar-refractivity contribution >= 4 is 11.0 Å². The lowest BCUT2D eigenvalue weighted by molar-refractivity contribution is 1.15. The van der Waals surface area contributed by atoms with Gasteiger partial charge in [-0.1, -0.05) is 6.42 Å². The van der Waals surface area contributed by atoms with Crippen molar-refractivity contribution < 1.29 is 0 Å². The molecule has 1 heterocycles. The van der Waals surface area contributed by atoms with E-state index in [9.17, 15) is 0 Å². The molecule has 0 atom stereocenters. The Morgan fingerprint density at radius 2 is 2.00 bits per heavy atom. The van der Waals surface area contributed by atoms with Gasteiger partial charge in [-0.25, -0.2) is 4.98 Å². The molecule has 0 radical (unpaired) electrons. The Morgan fingerprint density at radius 1 is 1.31 bits per heavy atom. The second-order valence-corrected chi connectivity index (χ2v) is 3.17. The number of aryl methyl sites for hydroxylation is 2. The Morgan fingerprint density at radius 3 is 2.69 bits per heavy atom. The van der Waals surface area contributed by atoms with Gasteiger partial charge in [0.05, 0.1) is 11.0 Å². The molecule has 2 rings (SSSR count). The molecule has 0 amide bonds. The van der Waals surface area contributed by atoms with Crippen LogP contribution in [0.3, 0.4) is 0 Å². The second-order valence-electron chi connectivity index (χ2n) is 3.17. The SMILES string of the molecule is C#Cn1cnc2cc(C)c(C)cc21. The molecule has 0 unspecified atom stereocenters. The first-order chi connectivity index (χ1) is 6.22. The van der Waals surface area contributed by atoms with Gasteiger partial charge < -0.3 is 0 Å². The minimum Gasteiger partial charge on any atom is -0.257 e. The van der Waals surface area contributed by atoms with E-state index < -0.39 is 0 Å². The van der Waals surface area contributed by atoms with E-state index in [2.05, 4.69) is 37.0 Å². The molecule has 13 heavy (non-hydrogen) atoms. The van der Waals surface area contributed by atoms with Gasteiger partial charge in [-0.3, -0.25) is 4.57 Å². The van der Waals surface area contributed by atoms with Crippen molar-refractivity contribution in [1.29, 1.82) is 0 Å². The highest BCUT2D eigenvalue weighted by Crippen LogP contribution is 2.17. The van der Waals surface area contributed by atoms with Gasteiger partial charge in [0.1, 0.15) is 6.33 Å². The number of fused-ring (bicyclic) bond motifs is 1. The molecule has 0 N–H and O–H groups in total. The third-order valence-corrected chi connectivity index (χ3v) is 2.30. The van der Waals surface area contributed by atoms with Crippen LogP contribution in [0.1, 0.15) is 11.1 Å². The maximum atomic E-state index is 5.32. The van der Waals surface area contributed by atoms with E-state index in [1.54, 1.807) is 10.9 Å². The van der Waals surface area contributed by atoms with Crippen LogP contribution in [0.25, 0.3) is 11.0 Å². The summed E-state index contributed by atoms with van der Waals surface area (Å²) in [4.78, 5) is 4.21. The zero-order valence-electron chi connectivity index (χ0n) is 7.70. The van der Waals surface area contributed by atoms with E-state index in [4.69, 9.17) is 6.42 Å². The van der Waals surface area contributed by atoms with Gasteiger partial charge in [0.25, 0.3) is 0 Å². The molecule has 2 aromatic rings. The summed E-state index contributed by atoms with van der Waals surface area (Å²) in [7, 11) is 0. The number of hydrogen-bond acceptors (Lipinski definition) is 1. The predicted molar refractivity (Wildman–Crippen MR) is 53.4 cm³/mol. The Labute approximate surface area is 77.2 Å². The van der Waals surface area contributed by atoms with Crippen molar-refractivity contribution in [2.75, 3.05) is 0 Å². The largest absolute Gasteiger partial charge is 0.257 e. The number of hydrogen-bond donors (Lipinski definition) is 0. The normalized spacial score (nSPS) is 10.2. The van der Waals surface area contributed by atoms with Crippen LogP contribution in [0.15, 0.2) is 18.5 Å². The Hall–Kier alpha value is -1.75. The number of rotatable bonds is 0. The van der Waals surface area contributed by atoms with Crippen LogP contribution in [0.2, 0.25) is 0 Å². The van der Waals surface area contributed by atoms with E-state index in [-0.39, 0.29) is 0 Å². The first-order valence-electron chi connectivity index (χ1n) is 4.13. The molecule has 0 saturated heterocycles. The van der Waals surface area contributed by atoms with Crippen molar-refractivity contribution in [1.82, 2.24) is 9.55 Å². The topological polar surface area (TPSA) is 17.8 Å². The molecule has 0 bridgehead atoms. The van der Waals surface area contributed by atoms with Gasteiger partial charge in [-0.15, -0.1) is 0 Å². The van der Waals surface area contributed by atoms with Crippen LogP contribution in [0.4, 0.5) is 0 Å². The van der Waals surface area contributed by atoms with Gasteiger partial charge in [-0.2, -0.15) is 0 Å². The van der Waals surface area contributed by atoms with Crippen LogP contribution in [-0.2, 0) is 0 Å². The van der Waals surface area contributed by atoms with Crippen LogP contribution >= 0.6 is 0 Å². The summed E-state index contributed by atoms with van der Waals surface area (Å²) in [5, 5.41) is 0. The molecule has 64 valence electrons. The summed E-state index contributed by atoms with van der Waals surface area (Å²) in [6.07, 6.45) is 6.99. The summed E-state index contributed by atoms with van der Waals surface area (Å²) in [5.74, 6) is 0. The molecule has 1 aromatic heterocycles. The first-order valence-corrected chi connectivity index (χ1v) is 4.13. The second kappa shape index (κ2) is 2.63. The molecule has 1 aromatic carbocycles. The van der Waals surface area contributed by atoms with E-state index in [1.807, 2.05) is 0 Å². The third kappa shape index (κ3) is 1.09. The van der Waals surface area contributed by atoms with Crippen molar-refractivity contribution in [2.45, 2.75) is 13.8 Å². The van der Waals surface area contributed by atoms with Crippen LogP contribution in [0.5, 0.6) is 0 Å². The fraction of sp³-hybridized carbons (Fsp3) is 0.182. The van der Waals surface area contributed by atoms with Gasteiger partial charge in [-0.05, 0) is 37.1 Å². The standard InChI is InChI=1S/C11H10N2/c1-4-13-7-12-10-5-8(2)9(3)6-11(10)13/h1,5-7H,2-3H3. The average molecular weight is 170 g/mol. The quantitative estimate of drug-likeness (QED) is 0.553. The maximum Gasteiger partial charge on any atom is 0.108 e. The third-order valence-electron chi connectivity index (χ3n) is 2.30. The molecule has 2 heteroatoms. The minimum atomic E-state index is 0.959. The summed E-state index contributed by atoms with van der Waals surface area (Å²) in [6.45, 7) is 4.15. The fourth-order valence-corrected chi connectivity index (χ4v) is 1.37. The van der Waals surface area contributed by atoms with E-state index in [0.717, 1.165) is 11.0 Å². The van der Waals surface area contributed by atoms with E-state index in [0.29, 0.717) is 0 Å². The average Bonchev–Trinajstić information content (AvgIpc) is 2.48. The predicted octanol–water partition coefficient (Wildman–Crippen LogP) is 2.09. The number of nitrogens with zero attached hydrogens (tertiary/aromatic N) is 2. The summed E-state index contributed by atoms with van der Waals surface area (Å²) < 4.78 is 1.70. The zero-order valence-corrected chi connectivity index (χ0v) is 7.70. The molecule has 2 nitrogen and oxygen atoms in total. The van der Waals surface area contributed by atoms with Crippen molar-refractivity contribution in [3.05, 3.63) is 29.6 Å². The van der Waals surface area contributed by atoms with Gasteiger partial charge in [0, 0.05) is 6.04 Å². The number of terminal acetylenes is 1. The summed E-state index contributed by atoms with van der Waals surface area (Å²) in [6, 6.07) is 6.67. The number of aromatic nitrogens is 2. The Balaban J connectivity index is 2.86. The van der Waals surface area contributed by atoms with Crippen LogP contribution < -0.4 is 0 Å². The highest BCUT2D eigenvalue weighted by Gasteiger charge is 2.02. The Bertz CT molecular complexity index is 501. The molecule has 0 fully saturated rings. The van der Waals surface area contributed by atoms with Gasteiger partial charge in [0.15, 0.2) is 0 Å². The summed E-state index contributed by atoms with van der Waals surface area (Å²) >= 11 is 0. The molecule has 0 aliphatic carbocycles. The maximum absolute atomic E-state index is 5.32. The number of imidazole rings is 1. The minimum absolute atomic E-state index is 0.959. The fourth-order valence-electron chi connectivity index (χ4n) is 1.37. The molecular weight excluding hydrogens is 160 g/mol. The van der Waals surface area contributed by atoms with Crippen LogP contribution in [-0.4, -0.2) is 9.55 Å². The Kier molecular flexibility index (Phi) is 1.60. The monoisotopic (exact) mass is 170 g/mol. The zero-order chi connectivity index (χ0) is 9.42. The van der Waals surface area contributed by atoms with Crippen molar-refractivity contribution in [3.8, 4) is 12.5 Å². The highest BCUT2D eigenvalue weighted by atomic mass is 15.0. The lowest BCUT2D eigenvalue weighted by Crippen LogP contribution is -1.86. The van der Waals surface area contributed by atoms with Gasteiger partial charge in [0.2, 0.25) is 0 Å². The molecule has 0 saturated carbocycles. The lowest BCUT2D eigenvalue weighted by atomic mass is 10.1. The number of benzene rings is 1. The molecule has 0 aliphatic heterocycles. The van der Waals surface area contributed by atoms with E-state index >= 15 is 0 Å². The van der Waals surface area contributed by atoms with Crippen molar-refractivity contribution in [3.63, 3.8) is 0 Å². The molecule has 0 spiro atoms. The lowest BCUT2D eigenvalue weighted by Gasteiger charge is -1.99. The smallest absolute Gasteiger partial charge is 0.108 e. The van der Waals surface area contributed by atoms with Gasteiger partial charge >= 0.3 is 0 Å². The summed E-state index contributed by atoms with van der Waals surface area (Å²) in [5.41, 5.74) is 4.45.